The molecule has 1 aliphatic rings. The van der Waals surface area contributed by atoms with E-state index in [2.05, 4.69) is 21.5 Å². The van der Waals surface area contributed by atoms with Gasteiger partial charge in [0.2, 0.25) is 0 Å². The molecular formula is C30H26F3N5O4S. The average Bonchev–Trinajstić information content (AvgIpc) is 3.76. The van der Waals surface area contributed by atoms with E-state index < -0.39 is 23.7 Å². The van der Waals surface area contributed by atoms with Gasteiger partial charge in [0.1, 0.15) is 33.5 Å². The van der Waals surface area contributed by atoms with Crippen LogP contribution in [0.4, 0.5) is 18.9 Å². The molecule has 3 N–H and O–H groups in total. The molecule has 0 unspecified atom stereocenters. The lowest BCUT2D eigenvalue weighted by Crippen LogP contribution is -2.16. The number of nitrogens with two attached hydrogens (primary N) is 1. The maximum absolute atomic E-state index is 13.8. The molecule has 0 saturated heterocycles. The van der Waals surface area contributed by atoms with Crippen molar-refractivity contribution in [3.05, 3.63) is 81.5 Å². The first-order chi connectivity index (χ1) is 20.5. The molecule has 0 aliphatic heterocycles. The molecule has 1 aromatic carbocycles. The zero-order valence-corrected chi connectivity index (χ0v) is 24.0. The van der Waals surface area contributed by atoms with Crippen LogP contribution in [0, 0.1) is 6.92 Å². The minimum atomic E-state index is -4.76. The van der Waals surface area contributed by atoms with E-state index in [1.165, 1.54) is 17.2 Å². The number of nitrogens with zero attached hydrogens (tertiary/aromatic N) is 3. The molecule has 0 saturated carbocycles. The van der Waals surface area contributed by atoms with E-state index in [9.17, 15) is 22.8 Å². The number of hydrogen-bond donors (Lipinski definition) is 2. The predicted molar refractivity (Wildman–Crippen MR) is 154 cm³/mol. The molecule has 9 nitrogen and oxygen atoms in total. The summed E-state index contributed by atoms with van der Waals surface area (Å²) < 4.78 is 54.7. The van der Waals surface area contributed by atoms with Gasteiger partial charge in [-0.2, -0.15) is 18.3 Å². The van der Waals surface area contributed by atoms with Gasteiger partial charge in [0.05, 0.1) is 11.4 Å². The normalized spacial score (nSPS) is 13.0. The number of carbonyl (C=O) groups excluding carboxylic acids is 2. The number of ether oxygens (including phenoxy) is 1. The lowest BCUT2D eigenvalue weighted by Gasteiger charge is -2.11. The number of pyridine rings is 1. The van der Waals surface area contributed by atoms with E-state index in [0.717, 1.165) is 25.3 Å². The Kier molecular flexibility index (Phi) is 7.20. The first kappa shape index (κ1) is 28.5. The zero-order valence-electron chi connectivity index (χ0n) is 23.2. The van der Waals surface area contributed by atoms with Crippen molar-refractivity contribution in [2.45, 2.75) is 52.4 Å². The fraction of sp³-hybridized carbons (Fsp3) is 0.267. The van der Waals surface area contributed by atoms with E-state index in [0.29, 0.717) is 40.6 Å². The average molecular weight is 610 g/mol. The summed E-state index contributed by atoms with van der Waals surface area (Å²) in [7, 11) is 0. The molecule has 0 bridgehead atoms. The summed E-state index contributed by atoms with van der Waals surface area (Å²) in [6, 6.07) is 9.89. The highest BCUT2D eigenvalue weighted by Crippen LogP contribution is 2.44. The molecule has 0 fully saturated rings. The van der Waals surface area contributed by atoms with Gasteiger partial charge in [-0.1, -0.05) is 6.07 Å². The van der Waals surface area contributed by atoms with Crippen molar-refractivity contribution < 1.29 is 31.9 Å². The lowest BCUT2D eigenvalue weighted by atomic mass is 10.0. The molecule has 0 radical (unpaired) electrons. The number of aryl methyl sites for hydroxylation is 4. The van der Waals surface area contributed by atoms with Gasteiger partial charge >= 0.3 is 6.18 Å². The lowest BCUT2D eigenvalue weighted by molar-refractivity contribution is -0.140. The molecule has 5 aromatic rings. The number of aromatic nitrogens is 3. The summed E-state index contributed by atoms with van der Waals surface area (Å²) in [5.74, 6) is -0.659. The van der Waals surface area contributed by atoms with Crippen molar-refractivity contribution >= 4 is 39.1 Å². The second-order valence-electron chi connectivity index (χ2n) is 10.2. The highest BCUT2D eigenvalue weighted by Gasteiger charge is 2.35. The van der Waals surface area contributed by atoms with E-state index in [4.69, 9.17) is 14.9 Å². The number of fused-ring (bicyclic) bond motifs is 2. The molecule has 222 valence electrons. The number of furan rings is 1. The van der Waals surface area contributed by atoms with E-state index in [1.54, 1.807) is 23.9 Å². The number of carbonyl (C=O) groups is 2. The van der Waals surface area contributed by atoms with Crippen LogP contribution >= 0.6 is 11.3 Å². The van der Waals surface area contributed by atoms with Gasteiger partial charge < -0.3 is 20.2 Å². The number of primary amides is 1. The fourth-order valence-corrected chi connectivity index (χ4v) is 6.25. The minimum Gasteiger partial charge on any atom is -0.486 e. The zero-order chi connectivity index (χ0) is 30.5. The molecule has 2 amide bonds. The molecular weight excluding hydrogens is 583 g/mol. The maximum Gasteiger partial charge on any atom is 0.433 e. The van der Waals surface area contributed by atoms with Crippen molar-refractivity contribution in [2.24, 2.45) is 5.73 Å². The second kappa shape index (κ2) is 10.9. The van der Waals surface area contributed by atoms with Crippen LogP contribution in [-0.2, 0) is 32.2 Å². The number of anilines is 1. The Labute approximate surface area is 247 Å². The highest BCUT2D eigenvalue weighted by molar-refractivity contribution is 7.21. The van der Waals surface area contributed by atoms with Crippen LogP contribution in [0.3, 0.4) is 0 Å². The van der Waals surface area contributed by atoms with Gasteiger partial charge in [0, 0.05) is 23.7 Å². The Morgan fingerprint density at radius 1 is 1.14 bits per heavy atom. The Hall–Kier alpha value is -4.65. The van der Waals surface area contributed by atoms with Crippen molar-refractivity contribution in [2.75, 3.05) is 5.32 Å². The standard InChI is InChI=1S/C30H26F3N5O4S/c1-3-38-13-21(15(2)37-38)20-12-23(30(31,32)33)35-29-24(20)25(26(43-29)27(34)39)36-28(40)22-10-9-19(42-22)14-41-18-8-7-16-5-4-6-17(16)11-18/h7-13H,3-6,14H2,1-2H3,(H2,34,39)(H,36,40). The van der Waals surface area contributed by atoms with Crippen LogP contribution in [0.25, 0.3) is 21.3 Å². The van der Waals surface area contributed by atoms with Crippen molar-refractivity contribution in [1.29, 1.82) is 0 Å². The maximum atomic E-state index is 13.8. The van der Waals surface area contributed by atoms with E-state index in [1.807, 2.05) is 19.1 Å². The fourth-order valence-electron chi connectivity index (χ4n) is 5.24. The molecule has 0 spiro atoms. The smallest absolute Gasteiger partial charge is 0.433 e. The third kappa shape index (κ3) is 5.47. The Morgan fingerprint density at radius 3 is 2.65 bits per heavy atom. The number of amides is 2. The third-order valence-corrected chi connectivity index (χ3v) is 8.41. The third-order valence-electron chi connectivity index (χ3n) is 7.31. The molecule has 0 atom stereocenters. The largest absolute Gasteiger partial charge is 0.486 e. The van der Waals surface area contributed by atoms with Gasteiger partial charge in [-0.3, -0.25) is 14.3 Å². The Morgan fingerprint density at radius 2 is 1.93 bits per heavy atom. The van der Waals surface area contributed by atoms with Crippen molar-refractivity contribution in [3.63, 3.8) is 0 Å². The van der Waals surface area contributed by atoms with Crippen LogP contribution in [0.5, 0.6) is 5.75 Å². The van der Waals surface area contributed by atoms with Gasteiger partial charge in [0.25, 0.3) is 11.8 Å². The van der Waals surface area contributed by atoms with E-state index in [-0.39, 0.29) is 38.7 Å². The van der Waals surface area contributed by atoms with Crippen molar-refractivity contribution in [1.82, 2.24) is 14.8 Å². The number of thiophene rings is 1. The number of hydrogen-bond acceptors (Lipinski definition) is 7. The summed E-state index contributed by atoms with van der Waals surface area (Å²) in [6.07, 6.45) is 0.0422. The summed E-state index contributed by atoms with van der Waals surface area (Å²) in [5, 5.41) is 7.14. The van der Waals surface area contributed by atoms with Crippen LogP contribution in [0.1, 0.15) is 61.8 Å². The summed E-state index contributed by atoms with van der Waals surface area (Å²) in [4.78, 5) is 29.3. The number of nitrogens with one attached hydrogen (secondary N) is 1. The topological polar surface area (TPSA) is 125 Å². The molecule has 43 heavy (non-hydrogen) atoms. The number of rotatable bonds is 8. The SMILES string of the molecule is CCn1cc(-c2cc(C(F)(F)F)nc3sc(C(N)=O)c(NC(=O)c4ccc(COc5ccc6c(c5)CCC6)o4)c23)c(C)n1. The Balaban J connectivity index is 1.34. The van der Waals surface area contributed by atoms with Crippen molar-refractivity contribution in [3.8, 4) is 16.9 Å². The van der Waals surface area contributed by atoms with Crippen LogP contribution in [-0.4, -0.2) is 26.6 Å². The first-order valence-electron chi connectivity index (χ1n) is 13.6. The molecule has 4 heterocycles. The predicted octanol–water partition coefficient (Wildman–Crippen LogP) is 6.52. The summed E-state index contributed by atoms with van der Waals surface area (Å²) in [5.41, 5.74) is 7.96. The second-order valence-corrected chi connectivity index (χ2v) is 11.2. The minimum absolute atomic E-state index is 0.0512. The van der Waals surface area contributed by atoms with Crippen LogP contribution in [0.2, 0.25) is 0 Å². The number of halogens is 3. The summed E-state index contributed by atoms with van der Waals surface area (Å²) >= 11 is 0.668. The molecule has 1 aliphatic carbocycles. The first-order valence-corrected chi connectivity index (χ1v) is 14.4. The molecule has 13 heteroatoms. The van der Waals surface area contributed by atoms with Crippen LogP contribution < -0.4 is 15.8 Å². The van der Waals surface area contributed by atoms with Gasteiger partial charge in [-0.05, 0) is 80.1 Å². The Bertz CT molecular complexity index is 1890. The quantitative estimate of drug-likeness (QED) is 0.206. The molecule has 6 rings (SSSR count). The monoisotopic (exact) mass is 609 g/mol. The van der Waals surface area contributed by atoms with E-state index >= 15 is 0 Å². The number of benzene rings is 1. The van der Waals surface area contributed by atoms with Gasteiger partial charge in [0.15, 0.2) is 5.76 Å². The number of alkyl halides is 3. The molecule has 4 aromatic heterocycles. The van der Waals surface area contributed by atoms with Gasteiger partial charge in [-0.15, -0.1) is 11.3 Å². The highest BCUT2D eigenvalue weighted by atomic mass is 32.1. The van der Waals surface area contributed by atoms with Gasteiger partial charge in [-0.25, -0.2) is 4.98 Å². The summed E-state index contributed by atoms with van der Waals surface area (Å²) in [6.45, 7) is 4.07. The van der Waals surface area contributed by atoms with Crippen LogP contribution in [0.15, 0.2) is 47.0 Å².